The number of carbonyl (C=O) groups excluding carboxylic acids is 1. The molecule has 0 atom stereocenters. The number of hydrogen-bond donors (Lipinski definition) is 1. The van der Waals surface area contributed by atoms with Crippen LogP contribution in [0, 0.1) is 6.92 Å². The molecule has 0 fully saturated rings. The number of alkyl halides is 2. The Morgan fingerprint density at radius 2 is 2.25 bits per heavy atom. The van der Waals surface area contributed by atoms with Crippen LogP contribution in [0.4, 0.5) is 0 Å². The third-order valence-corrected chi connectivity index (χ3v) is 0.894. The van der Waals surface area contributed by atoms with Gasteiger partial charge in [0.25, 0.3) is 5.91 Å². The fourth-order valence-corrected chi connectivity index (χ4v) is 0.355. The molecule has 0 saturated heterocycles. The maximum absolute atomic E-state index is 10.3. The monoisotopic (exact) mass is 154 g/mol. The van der Waals surface area contributed by atoms with Crippen LogP contribution < -0.4 is 5.32 Å². The summed E-state index contributed by atoms with van der Waals surface area (Å²) in [6.45, 7) is 3.67. The lowest BCUT2D eigenvalue weighted by Gasteiger charge is -1.98. The summed E-state index contributed by atoms with van der Waals surface area (Å²) in [4.78, 5) is 9.35. The predicted octanol–water partition coefficient (Wildman–Crippen LogP) is 0.740. The normalized spacial score (nSPS) is 9.50. The number of amides is 1. The van der Waals surface area contributed by atoms with Crippen LogP contribution in [0.3, 0.4) is 0 Å². The summed E-state index contributed by atoms with van der Waals surface area (Å²) >= 11 is 10.3. The summed E-state index contributed by atoms with van der Waals surface area (Å²) in [7, 11) is 0. The van der Waals surface area contributed by atoms with Crippen LogP contribution in [-0.4, -0.2) is 17.3 Å². The molecule has 0 heterocycles. The van der Waals surface area contributed by atoms with E-state index in [1.807, 2.05) is 0 Å². The van der Waals surface area contributed by atoms with Crippen molar-refractivity contribution in [3.8, 4) is 0 Å². The number of carbonyl (C=O) groups is 1. The molecule has 0 aromatic heterocycles. The molecule has 0 aromatic carbocycles. The van der Waals surface area contributed by atoms with Gasteiger partial charge in [0, 0.05) is 6.54 Å². The van der Waals surface area contributed by atoms with Gasteiger partial charge in [0.15, 0.2) is 4.84 Å². The minimum absolute atomic E-state index is 0.314. The Bertz CT molecular complexity index is 84.1. The Morgan fingerprint density at radius 3 is 2.38 bits per heavy atom. The van der Waals surface area contributed by atoms with Gasteiger partial charge in [-0.2, -0.15) is 0 Å². The van der Waals surface area contributed by atoms with E-state index >= 15 is 0 Å². The zero-order valence-electron chi connectivity index (χ0n) is 4.16. The van der Waals surface area contributed by atoms with Crippen molar-refractivity contribution in [3.63, 3.8) is 0 Å². The summed E-state index contributed by atoms with van der Waals surface area (Å²) < 4.78 is 0. The summed E-state index contributed by atoms with van der Waals surface area (Å²) in [6, 6.07) is 0. The van der Waals surface area contributed by atoms with E-state index in [1.165, 1.54) is 0 Å². The Balaban J connectivity index is 3.33. The fraction of sp³-hybridized carbons (Fsp3) is 0.500. The molecule has 0 bridgehead atoms. The molecule has 1 N–H and O–H groups in total. The van der Waals surface area contributed by atoms with Gasteiger partial charge in [-0.3, -0.25) is 4.79 Å². The highest BCUT2D eigenvalue weighted by Gasteiger charge is 2.07. The van der Waals surface area contributed by atoms with E-state index in [9.17, 15) is 4.79 Å². The predicted molar refractivity (Wildman–Crippen MR) is 33.9 cm³/mol. The second kappa shape index (κ2) is 3.98. The zero-order valence-corrected chi connectivity index (χ0v) is 5.67. The molecular formula is C4H6Cl2NO. The SMILES string of the molecule is [CH2]CNC(=O)C(Cl)Cl. The maximum atomic E-state index is 10.3. The molecule has 1 radical (unpaired) electrons. The fourth-order valence-electron chi connectivity index (χ4n) is 0.200. The first-order chi connectivity index (χ1) is 3.68. The van der Waals surface area contributed by atoms with Gasteiger partial charge in [-0.25, -0.2) is 0 Å². The standard InChI is InChI=1S/C4H6Cl2NO/c1-2-7-4(8)3(5)6/h3H,1-2H2,(H,7,8). The minimum Gasteiger partial charge on any atom is -0.354 e. The van der Waals surface area contributed by atoms with E-state index in [0.717, 1.165) is 0 Å². The van der Waals surface area contributed by atoms with Crippen LogP contribution in [-0.2, 0) is 4.79 Å². The summed E-state index contributed by atoms with van der Waals surface area (Å²) in [5.74, 6) is -0.400. The lowest BCUT2D eigenvalue weighted by Crippen LogP contribution is -2.27. The summed E-state index contributed by atoms with van der Waals surface area (Å²) in [5, 5.41) is 2.33. The van der Waals surface area contributed by atoms with E-state index in [0.29, 0.717) is 6.54 Å². The average Bonchev–Trinajstić information content (AvgIpc) is 1.67. The first kappa shape index (κ1) is 8.05. The quantitative estimate of drug-likeness (QED) is 0.585. The van der Waals surface area contributed by atoms with Crippen molar-refractivity contribution >= 4 is 29.1 Å². The van der Waals surface area contributed by atoms with Crippen molar-refractivity contribution in [1.82, 2.24) is 5.32 Å². The van der Waals surface area contributed by atoms with Crippen LogP contribution in [0.15, 0.2) is 0 Å². The summed E-state index contributed by atoms with van der Waals surface area (Å²) in [5.41, 5.74) is 0. The van der Waals surface area contributed by atoms with Crippen LogP contribution in [0.25, 0.3) is 0 Å². The van der Waals surface area contributed by atoms with Crippen molar-refractivity contribution in [2.45, 2.75) is 4.84 Å². The molecule has 8 heavy (non-hydrogen) atoms. The number of halogens is 2. The summed E-state index contributed by atoms with van der Waals surface area (Å²) in [6.07, 6.45) is 0. The van der Waals surface area contributed by atoms with Crippen molar-refractivity contribution in [1.29, 1.82) is 0 Å². The number of hydrogen-bond acceptors (Lipinski definition) is 1. The van der Waals surface area contributed by atoms with Gasteiger partial charge in [-0.05, 0) is 6.92 Å². The highest BCUT2D eigenvalue weighted by Crippen LogP contribution is 1.99. The molecule has 47 valence electrons. The zero-order chi connectivity index (χ0) is 6.57. The minimum atomic E-state index is -0.975. The van der Waals surface area contributed by atoms with E-state index in [4.69, 9.17) is 23.2 Å². The third kappa shape index (κ3) is 3.10. The molecule has 0 aliphatic carbocycles. The smallest absolute Gasteiger partial charge is 0.253 e. The lowest BCUT2D eigenvalue weighted by atomic mass is 10.6. The molecule has 0 aliphatic heterocycles. The Labute approximate surface area is 58.2 Å². The van der Waals surface area contributed by atoms with Gasteiger partial charge in [-0.1, -0.05) is 23.2 Å². The number of rotatable bonds is 2. The van der Waals surface area contributed by atoms with Crippen molar-refractivity contribution < 1.29 is 4.79 Å². The Kier molecular flexibility index (Phi) is 4.01. The van der Waals surface area contributed by atoms with Gasteiger partial charge in [0.2, 0.25) is 0 Å². The maximum Gasteiger partial charge on any atom is 0.253 e. The molecule has 0 aromatic rings. The van der Waals surface area contributed by atoms with Crippen molar-refractivity contribution in [3.05, 3.63) is 6.92 Å². The van der Waals surface area contributed by atoms with Crippen molar-refractivity contribution in [2.75, 3.05) is 6.54 Å². The third-order valence-electron chi connectivity index (χ3n) is 0.497. The van der Waals surface area contributed by atoms with Crippen LogP contribution in [0.1, 0.15) is 0 Å². The molecular weight excluding hydrogens is 149 g/mol. The molecule has 4 heteroatoms. The largest absolute Gasteiger partial charge is 0.354 e. The van der Waals surface area contributed by atoms with E-state index in [1.54, 1.807) is 0 Å². The number of nitrogens with one attached hydrogen (secondary N) is 1. The molecule has 2 nitrogen and oxygen atoms in total. The highest BCUT2D eigenvalue weighted by atomic mass is 35.5. The Hall–Kier alpha value is 0.0500. The first-order valence-corrected chi connectivity index (χ1v) is 2.91. The van der Waals surface area contributed by atoms with Crippen LogP contribution in [0.5, 0.6) is 0 Å². The topological polar surface area (TPSA) is 29.1 Å². The molecule has 0 rings (SSSR count). The molecule has 0 saturated carbocycles. The van der Waals surface area contributed by atoms with Gasteiger partial charge in [0.1, 0.15) is 0 Å². The first-order valence-electron chi connectivity index (χ1n) is 2.03. The van der Waals surface area contributed by atoms with Gasteiger partial charge >= 0.3 is 0 Å². The van der Waals surface area contributed by atoms with Crippen LogP contribution >= 0.6 is 23.2 Å². The van der Waals surface area contributed by atoms with Crippen molar-refractivity contribution in [2.24, 2.45) is 0 Å². The van der Waals surface area contributed by atoms with E-state index in [-0.39, 0.29) is 0 Å². The molecule has 0 aliphatic rings. The average molecular weight is 155 g/mol. The van der Waals surface area contributed by atoms with Gasteiger partial charge < -0.3 is 5.32 Å². The van der Waals surface area contributed by atoms with E-state index in [2.05, 4.69) is 12.2 Å². The van der Waals surface area contributed by atoms with E-state index < -0.39 is 10.7 Å². The molecule has 1 amide bonds. The van der Waals surface area contributed by atoms with Gasteiger partial charge in [0.05, 0.1) is 0 Å². The molecule has 0 unspecified atom stereocenters. The van der Waals surface area contributed by atoms with Crippen LogP contribution in [0.2, 0.25) is 0 Å². The van der Waals surface area contributed by atoms with Gasteiger partial charge in [-0.15, -0.1) is 0 Å². The second-order valence-corrected chi connectivity index (χ2v) is 2.19. The molecule has 0 spiro atoms. The second-order valence-electron chi connectivity index (χ2n) is 1.09. The Morgan fingerprint density at radius 1 is 1.75 bits per heavy atom. The lowest BCUT2D eigenvalue weighted by molar-refractivity contribution is -0.119. The highest BCUT2D eigenvalue weighted by molar-refractivity contribution is 6.53.